The summed E-state index contributed by atoms with van der Waals surface area (Å²) >= 11 is 0. The number of rotatable bonds is 4. The molecule has 18 heavy (non-hydrogen) atoms. The van der Waals surface area contributed by atoms with Crippen LogP contribution in [0, 0.1) is 11.7 Å². The fourth-order valence-electron chi connectivity index (χ4n) is 1.69. The van der Waals surface area contributed by atoms with Gasteiger partial charge < -0.3 is 0 Å². The standard InChI is InChI=1S/C14H15FN2O/c1-10(2)14(18)12-7-16-17(9-12)8-11-3-5-13(15)6-4-11/h3-7,9-10H,8H2,1-2H3. The zero-order chi connectivity index (χ0) is 13.1. The third kappa shape index (κ3) is 2.83. The molecule has 0 saturated heterocycles. The Balaban J connectivity index is 2.11. The number of hydrogen-bond acceptors (Lipinski definition) is 2. The number of benzene rings is 1. The molecule has 94 valence electrons. The van der Waals surface area contributed by atoms with Gasteiger partial charge in [-0.3, -0.25) is 9.48 Å². The molecule has 0 radical (unpaired) electrons. The van der Waals surface area contributed by atoms with Gasteiger partial charge in [0.1, 0.15) is 5.82 Å². The van der Waals surface area contributed by atoms with Crippen molar-refractivity contribution < 1.29 is 9.18 Å². The number of halogens is 1. The number of Topliss-reactive ketones (excluding diaryl/α,β-unsaturated/α-hetero) is 1. The highest BCUT2D eigenvalue weighted by Gasteiger charge is 2.12. The summed E-state index contributed by atoms with van der Waals surface area (Å²) in [5.41, 5.74) is 1.56. The molecule has 0 fully saturated rings. The molecule has 0 unspecified atom stereocenters. The summed E-state index contributed by atoms with van der Waals surface area (Å²) in [6.07, 6.45) is 3.30. The van der Waals surface area contributed by atoms with E-state index in [1.807, 2.05) is 13.8 Å². The zero-order valence-electron chi connectivity index (χ0n) is 10.4. The minimum atomic E-state index is -0.255. The highest BCUT2D eigenvalue weighted by Crippen LogP contribution is 2.09. The van der Waals surface area contributed by atoms with Gasteiger partial charge in [-0.2, -0.15) is 5.10 Å². The molecule has 0 spiro atoms. The lowest BCUT2D eigenvalue weighted by Crippen LogP contribution is -2.06. The van der Waals surface area contributed by atoms with E-state index in [9.17, 15) is 9.18 Å². The normalized spacial score (nSPS) is 10.9. The van der Waals surface area contributed by atoms with Crippen LogP contribution in [0.3, 0.4) is 0 Å². The molecule has 2 aromatic rings. The monoisotopic (exact) mass is 246 g/mol. The minimum Gasteiger partial charge on any atom is -0.294 e. The van der Waals surface area contributed by atoms with Crippen molar-refractivity contribution in [3.63, 3.8) is 0 Å². The van der Waals surface area contributed by atoms with Gasteiger partial charge in [0.2, 0.25) is 0 Å². The Hall–Kier alpha value is -1.97. The fourth-order valence-corrected chi connectivity index (χ4v) is 1.69. The van der Waals surface area contributed by atoms with E-state index in [2.05, 4.69) is 5.10 Å². The van der Waals surface area contributed by atoms with Crippen molar-refractivity contribution in [3.8, 4) is 0 Å². The van der Waals surface area contributed by atoms with Crippen LogP contribution < -0.4 is 0 Å². The summed E-state index contributed by atoms with van der Waals surface area (Å²) in [5.74, 6) is -0.205. The van der Waals surface area contributed by atoms with Crippen molar-refractivity contribution in [1.29, 1.82) is 0 Å². The van der Waals surface area contributed by atoms with Gasteiger partial charge in [0, 0.05) is 12.1 Å². The first-order valence-corrected chi connectivity index (χ1v) is 5.87. The van der Waals surface area contributed by atoms with Crippen LogP contribution in [0.1, 0.15) is 29.8 Å². The van der Waals surface area contributed by atoms with Crippen molar-refractivity contribution in [2.24, 2.45) is 5.92 Å². The third-order valence-electron chi connectivity index (χ3n) is 2.70. The quantitative estimate of drug-likeness (QED) is 0.777. The van der Waals surface area contributed by atoms with E-state index >= 15 is 0 Å². The molecule has 2 rings (SSSR count). The Labute approximate surface area is 105 Å². The van der Waals surface area contributed by atoms with Crippen LogP contribution in [-0.2, 0) is 6.54 Å². The summed E-state index contributed by atoms with van der Waals surface area (Å²) in [7, 11) is 0. The van der Waals surface area contributed by atoms with Crippen LogP contribution >= 0.6 is 0 Å². The van der Waals surface area contributed by atoms with Crippen LogP contribution in [-0.4, -0.2) is 15.6 Å². The predicted octanol–water partition coefficient (Wildman–Crippen LogP) is 2.91. The summed E-state index contributed by atoms with van der Waals surface area (Å²) < 4.78 is 14.4. The molecular formula is C14H15FN2O. The largest absolute Gasteiger partial charge is 0.294 e. The van der Waals surface area contributed by atoms with Crippen LogP contribution in [0.25, 0.3) is 0 Å². The average molecular weight is 246 g/mol. The number of hydrogen-bond donors (Lipinski definition) is 0. The number of nitrogens with zero attached hydrogens (tertiary/aromatic N) is 2. The summed E-state index contributed by atoms with van der Waals surface area (Å²) in [6.45, 7) is 4.25. The molecule has 0 saturated carbocycles. The van der Waals surface area contributed by atoms with Gasteiger partial charge in [0.05, 0.1) is 18.3 Å². The molecule has 0 aliphatic rings. The van der Waals surface area contributed by atoms with Gasteiger partial charge in [-0.25, -0.2) is 4.39 Å². The molecule has 1 aromatic carbocycles. The number of ketones is 1. The fraction of sp³-hybridized carbons (Fsp3) is 0.286. The molecule has 0 amide bonds. The number of carbonyl (C=O) groups excluding carboxylic acids is 1. The molecule has 1 heterocycles. The maximum absolute atomic E-state index is 12.8. The van der Waals surface area contributed by atoms with Gasteiger partial charge in [-0.05, 0) is 17.7 Å². The van der Waals surface area contributed by atoms with Gasteiger partial charge >= 0.3 is 0 Å². The second kappa shape index (κ2) is 5.12. The van der Waals surface area contributed by atoms with E-state index < -0.39 is 0 Å². The van der Waals surface area contributed by atoms with Crippen LogP contribution in [0.4, 0.5) is 4.39 Å². The van der Waals surface area contributed by atoms with Crippen LogP contribution in [0.5, 0.6) is 0 Å². The maximum atomic E-state index is 12.8. The van der Waals surface area contributed by atoms with E-state index in [0.29, 0.717) is 12.1 Å². The Morgan fingerprint density at radius 3 is 2.61 bits per heavy atom. The molecule has 0 N–H and O–H groups in total. The van der Waals surface area contributed by atoms with E-state index in [1.165, 1.54) is 12.1 Å². The third-order valence-corrected chi connectivity index (χ3v) is 2.70. The minimum absolute atomic E-state index is 0.0338. The smallest absolute Gasteiger partial charge is 0.168 e. The van der Waals surface area contributed by atoms with Crippen LogP contribution in [0.15, 0.2) is 36.7 Å². The summed E-state index contributed by atoms with van der Waals surface area (Å²) in [6, 6.07) is 6.25. The van der Waals surface area contributed by atoms with Gasteiger partial charge in [0.15, 0.2) is 5.78 Å². The molecular weight excluding hydrogens is 231 g/mol. The lowest BCUT2D eigenvalue weighted by molar-refractivity contribution is 0.0939. The number of carbonyl (C=O) groups is 1. The molecule has 0 aliphatic carbocycles. The Bertz CT molecular complexity index is 543. The first-order chi connectivity index (χ1) is 8.56. The van der Waals surface area contributed by atoms with Crippen LogP contribution in [0.2, 0.25) is 0 Å². The molecule has 3 nitrogen and oxygen atoms in total. The van der Waals surface area contributed by atoms with Crippen molar-refractivity contribution in [3.05, 3.63) is 53.6 Å². The van der Waals surface area contributed by atoms with Gasteiger partial charge in [-0.1, -0.05) is 26.0 Å². The molecule has 0 atom stereocenters. The topological polar surface area (TPSA) is 34.9 Å². The molecule has 4 heteroatoms. The second-order valence-electron chi connectivity index (χ2n) is 4.57. The Morgan fingerprint density at radius 2 is 2.00 bits per heavy atom. The van der Waals surface area contributed by atoms with Crippen molar-refractivity contribution >= 4 is 5.78 Å². The van der Waals surface area contributed by atoms with E-state index in [1.54, 1.807) is 29.2 Å². The van der Waals surface area contributed by atoms with Crippen molar-refractivity contribution in [2.45, 2.75) is 20.4 Å². The lowest BCUT2D eigenvalue weighted by atomic mass is 10.0. The van der Waals surface area contributed by atoms with Crippen molar-refractivity contribution in [2.75, 3.05) is 0 Å². The SMILES string of the molecule is CC(C)C(=O)c1cnn(Cc2ccc(F)cc2)c1. The Kier molecular flexibility index (Phi) is 3.55. The predicted molar refractivity (Wildman–Crippen MR) is 66.9 cm³/mol. The van der Waals surface area contributed by atoms with Crippen molar-refractivity contribution in [1.82, 2.24) is 9.78 Å². The molecule has 0 bridgehead atoms. The highest BCUT2D eigenvalue weighted by molar-refractivity contribution is 5.96. The van der Waals surface area contributed by atoms with Gasteiger partial charge in [0.25, 0.3) is 0 Å². The first-order valence-electron chi connectivity index (χ1n) is 5.87. The molecule has 1 aromatic heterocycles. The number of aromatic nitrogens is 2. The molecule has 0 aliphatic heterocycles. The van der Waals surface area contributed by atoms with Gasteiger partial charge in [-0.15, -0.1) is 0 Å². The van der Waals surface area contributed by atoms with E-state index in [0.717, 1.165) is 5.56 Å². The second-order valence-corrected chi connectivity index (χ2v) is 4.57. The Morgan fingerprint density at radius 1 is 1.33 bits per heavy atom. The van der Waals surface area contributed by atoms with E-state index in [4.69, 9.17) is 0 Å². The maximum Gasteiger partial charge on any atom is 0.168 e. The lowest BCUT2D eigenvalue weighted by Gasteiger charge is -2.02. The first kappa shape index (κ1) is 12.5. The average Bonchev–Trinajstić information content (AvgIpc) is 2.79. The zero-order valence-corrected chi connectivity index (χ0v) is 10.4. The van der Waals surface area contributed by atoms with E-state index in [-0.39, 0.29) is 17.5 Å². The summed E-state index contributed by atoms with van der Waals surface area (Å²) in [4.78, 5) is 11.8. The summed E-state index contributed by atoms with van der Waals surface area (Å²) in [5, 5.41) is 4.14. The highest BCUT2D eigenvalue weighted by atomic mass is 19.1.